The molecule has 5 heteroatoms. The monoisotopic (exact) mass is 264 g/mol. The molecule has 0 bridgehead atoms. The largest absolute Gasteiger partial charge is 0.271 e. The molecule has 14 heavy (non-hydrogen) atoms. The number of aromatic nitrogens is 2. The Balaban J connectivity index is 1.93. The van der Waals surface area contributed by atoms with Gasteiger partial charge >= 0.3 is 0 Å². The lowest BCUT2D eigenvalue weighted by Crippen LogP contribution is -2.08. The maximum atomic E-state index is 12.9. The molecule has 1 aliphatic carbocycles. The summed E-state index contributed by atoms with van der Waals surface area (Å²) in [5, 5.41) is 4.05. The second kappa shape index (κ2) is 3.96. The highest BCUT2D eigenvalue weighted by atomic mass is 79.9. The van der Waals surface area contributed by atoms with Crippen LogP contribution in [0.2, 0.25) is 0 Å². The lowest BCUT2D eigenvalue weighted by molar-refractivity contribution is 0.199. The Morgan fingerprint density at radius 3 is 2.57 bits per heavy atom. The van der Waals surface area contributed by atoms with E-state index in [1.807, 2.05) is 6.20 Å². The number of rotatable bonds is 2. The number of halogens is 3. The van der Waals surface area contributed by atoms with Gasteiger partial charge in [-0.1, -0.05) is 0 Å². The van der Waals surface area contributed by atoms with Crippen molar-refractivity contribution in [2.24, 2.45) is 5.92 Å². The Morgan fingerprint density at radius 1 is 1.43 bits per heavy atom. The van der Waals surface area contributed by atoms with E-state index in [9.17, 15) is 8.78 Å². The third-order valence-corrected chi connectivity index (χ3v) is 2.97. The number of hydrogen-bond acceptors (Lipinski definition) is 1. The van der Waals surface area contributed by atoms with Crippen molar-refractivity contribution in [2.75, 3.05) is 0 Å². The van der Waals surface area contributed by atoms with Crippen LogP contribution in [0, 0.1) is 5.92 Å². The van der Waals surface area contributed by atoms with Crippen LogP contribution < -0.4 is 0 Å². The lowest BCUT2D eigenvalue weighted by Gasteiger charge is -2.07. The predicted molar refractivity (Wildman–Crippen MR) is 52.4 cm³/mol. The lowest BCUT2D eigenvalue weighted by atomic mass is 10.1. The van der Waals surface area contributed by atoms with Gasteiger partial charge in [-0.15, -0.1) is 0 Å². The second-order valence-electron chi connectivity index (χ2n) is 3.75. The standard InChI is InChI=1S/C9H11BrF2N2/c10-7-3-13-14(5-7)4-6-1-8(11)9(12)2-6/h3,5-6,8-9H,1-2,4H2/t8-,9-/m1/s1. The predicted octanol–water partition coefficient (Wildman–Crippen LogP) is 2.73. The quantitative estimate of drug-likeness (QED) is 0.803. The third kappa shape index (κ3) is 2.13. The Labute approximate surface area is 89.4 Å². The number of alkyl halides is 2. The molecule has 1 aromatic heterocycles. The van der Waals surface area contributed by atoms with E-state index >= 15 is 0 Å². The van der Waals surface area contributed by atoms with Gasteiger partial charge in [-0.25, -0.2) is 8.78 Å². The normalized spacial score (nSPS) is 28.5. The van der Waals surface area contributed by atoms with Gasteiger partial charge in [0, 0.05) is 12.7 Å². The summed E-state index contributed by atoms with van der Waals surface area (Å²) in [6, 6.07) is 0. The summed E-state index contributed by atoms with van der Waals surface area (Å²) in [6.07, 6.45) is 1.57. The first-order valence-electron chi connectivity index (χ1n) is 4.61. The number of hydrogen-bond donors (Lipinski definition) is 0. The molecule has 0 aliphatic heterocycles. The molecular formula is C9H11BrF2N2. The first-order chi connectivity index (χ1) is 6.65. The molecule has 0 radical (unpaired) electrons. The molecule has 1 heterocycles. The van der Waals surface area contributed by atoms with E-state index in [1.54, 1.807) is 10.9 Å². The van der Waals surface area contributed by atoms with Crippen molar-refractivity contribution in [2.45, 2.75) is 31.7 Å². The van der Waals surface area contributed by atoms with Gasteiger partial charge in [0.05, 0.1) is 10.7 Å². The van der Waals surface area contributed by atoms with Crippen molar-refractivity contribution in [1.29, 1.82) is 0 Å². The molecule has 0 amide bonds. The van der Waals surface area contributed by atoms with Gasteiger partial charge in [-0.05, 0) is 34.7 Å². The minimum Gasteiger partial charge on any atom is -0.271 e. The van der Waals surface area contributed by atoms with Crippen LogP contribution in [0.3, 0.4) is 0 Å². The van der Waals surface area contributed by atoms with Gasteiger partial charge in [0.15, 0.2) is 0 Å². The molecular weight excluding hydrogens is 254 g/mol. The maximum absolute atomic E-state index is 12.9. The minimum atomic E-state index is -1.28. The number of nitrogens with zero attached hydrogens (tertiary/aromatic N) is 2. The molecule has 78 valence electrons. The average molecular weight is 265 g/mol. The van der Waals surface area contributed by atoms with Gasteiger partial charge in [0.1, 0.15) is 12.3 Å². The summed E-state index contributed by atoms with van der Waals surface area (Å²) in [5.41, 5.74) is 0. The Morgan fingerprint density at radius 2 is 2.07 bits per heavy atom. The maximum Gasteiger partial charge on any atom is 0.131 e. The van der Waals surface area contributed by atoms with E-state index in [0.717, 1.165) is 4.47 Å². The zero-order valence-corrected chi connectivity index (χ0v) is 9.12. The molecule has 0 saturated heterocycles. The molecule has 0 N–H and O–H groups in total. The summed E-state index contributed by atoms with van der Waals surface area (Å²) in [5.74, 6) is 0.0757. The molecule has 2 nitrogen and oxygen atoms in total. The van der Waals surface area contributed by atoms with E-state index in [4.69, 9.17) is 0 Å². The molecule has 1 saturated carbocycles. The van der Waals surface area contributed by atoms with E-state index in [0.29, 0.717) is 19.4 Å². The highest BCUT2D eigenvalue weighted by Gasteiger charge is 2.34. The fraction of sp³-hybridized carbons (Fsp3) is 0.667. The van der Waals surface area contributed by atoms with Gasteiger partial charge in [0.25, 0.3) is 0 Å². The first kappa shape index (κ1) is 10.1. The molecule has 0 spiro atoms. The molecule has 0 unspecified atom stereocenters. The van der Waals surface area contributed by atoms with Crippen molar-refractivity contribution in [3.05, 3.63) is 16.9 Å². The van der Waals surface area contributed by atoms with E-state index in [-0.39, 0.29) is 5.92 Å². The summed E-state index contributed by atoms with van der Waals surface area (Å²) in [4.78, 5) is 0. The molecule has 2 atom stereocenters. The smallest absolute Gasteiger partial charge is 0.131 e. The van der Waals surface area contributed by atoms with Crippen LogP contribution in [0.4, 0.5) is 8.78 Å². The van der Waals surface area contributed by atoms with Crippen LogP contribution in [0.1, 0.15) is 12.8 Å². The van der Waals surface area contributed by atoms with Crippen molar-refractivity contribution >= 4 is 15.9 Å². The zero-order valence-electron chi connectivity index (χ0n) is 7.54. The molecule has 1 aliphatic rings. The van der Waals surface area contributed by atoms with E-state index in [1.165, 1.54) is 0 Å². The van der Waals surface area contributed by atoms with Crippen molar-refractivity contribution in [3.63, 3.8) is 0 Å². The van der Waals surface area contributed by atoms with Crippen LogP contribution >= 0.6 is 15.9 Å². The van der Waals surface area contributed by atoms with E-state index in [2.05, 4.69) is 21.0 Å². The fourth-order valence-corrected chi connectivity index (χ4v) is 2.21. The van der Waals surface area contributed by atoms with Crippen LogP contribution in [-0.2, 0) is 6.54 Å². The van der Waals surface area contributed by atoms with Crippen LogP contribution in [-0.4, -0.2) is 22.1 Å². The van der Waals surface area contributed by atoms with Crippen molar-refractivity contribution in [1.82, 2.24) is 9.78 Å². The summed E-state index contributed by atoms with van der Waals surface area (Å²) in [6.45, 7) is 0.604. The average Bonchev–Trinajstić information content (AvgIpc) is 2.62. The third-order valence-electron chi connectivity index (χ3n) is 2.56. The van der Waals surface area contributed by atoms with Crippen LogP contribution in [0.25, 0.3) is 0 Å². The zero-order chi connectivity index (χ0) is 10.1. The Bertz CT molecular complexity index is 306. The highest BCUT2D eigenvalue weighted by Crippen LogP contribution is 2.31. The van der Waals surface area contributed by atoms with Crippen molar-refractivity contribution in [3.8, 4) is 0 Å². The van der Waals surface area contributed by atoms with E-state index < -0.39 is 12.3 Å². The second-order valence-corrected chi connectivity index (χ2v) is 4.67. The van der Waals surface area contributed by atoms with Gasteiger partial charge < -0.3 is 0 Å². The summed E-state index contributed by atoms with van der Waals surface area (Å²) < 4.78 is 28.3. The topological polar surface area (TPSA) is 17.8 Å². The first-order valence-corrected chi connectivity index (χ1v) is 5.40. The van der Waals surface area contributed by atoms with Crippen LogP contribution in [0.15, 0.2) is 16.9 Å². The fourth-order valence-electron chi connectivity index (χ4n) is 1.88. The minimum absolute atomic E-state index is 0.0757. The SMILES string of the molecule is F[C@@H]1CC(Cn2cc(Br)cn2)C[C@H]1F. The summed E-state index contributed by atoms with van der Waals surface area (Å²) in [7, 11) is 0. The van der Waals surface area contributed by atoms with Gasteiger partial charge in [-0.2, -0.15) is 5.10 Å². The van der Waals surface area contributed by atoms with Crippen molar-refractivity contribution < 1.29 is 8.78 Å². The Hall–Kier alpha value is -0.450. The highest BCUT2D eigenvalue weighted by molar-refractivity contribution is 9.10. The molecule has 2 rings (SSSR count). The summed E-state index contributed by atoms with van der Waals surface area (Å²) >= 11 is 3.27. The Kier molecular flexibility index (Phi) is 2.85. The molecule has 1 aromatic rings. The molecule has 0 aromatic carbocycles. The molecule has 1 fully saturated rings. The van der Waals surface area contributed by atoms with Gasteiger partial charge in [-0.3, -0.25) is 4.68 Å². The van der Waals surface area contributed by atoms with Crippen LogP contribution in [0.5, 0.6) is 0 Å². The van der Waals surface area contributed by atoms with Gasteiger partial charge in [0.2, 0.25) is 0 Å².